The van der Waals surface area contributed by atoms with E-state index in [9.17, 15) is 0 Å². The third kappa shape index (κ3) is 3.07. The van der Waals surface area contributed by atoms with Crippen LogP contribution < -0.4 is 16.6 Å². The molecule has 6 aromatic rings. The van der Waals surface area contributed by atoms with Gasteiger partial charge in [-0.25, -0.2) is 0 Å². The lowest BCUT2D eigenvalue weighted by Gasteiger charge is -2.39. The Morgan fingerprint density at radius 3 is 1.42 bits per heavy atom. The van der Waals surface area contributed by atoms with Gasteiger partial charge in [-0.2, -0.15) is 0 Å². The summed E-state index contributed by atoms with van der Waals surface area (Å²) in [5.74, 6) is 4.40. The molecule has 0 radical (unpaired) electrons. The van der Waals surface area contributed by atoms with Crippen LogP contribution in [-0.4, -0.2) is 30.1 Å². The second-order valence-electron chi connectivity index (χ2n) is 18.7. The summed E-state index contributed by atoms with van der Waals surface area (Å²) in [6, 6.07) is 18.2. The Kier molecular flexibility index (Phi) is 4.87. The minimum atomic E-state index is -0.426. The number of aryl methyl sites for hydroxylation is 2. The number of hydrogen-bond donors (Lipinski definition) is 0. The highest BCUT2D eigenvalue weighted by molar-refractivity contribution is 6.74. The quantitative estimate of drug-likeness (QED) is 0.168. The van der Waals surface area contributed by atoms with Crippen LogP contribution in [0.15, 0.2) is 58.1 Å². The maximum absolute atomic E-state index is 15.2. The lowest BCUT2D eigenvalue weighted by atomic mass is 9.67. The average Bonchev–Trinajstić information content (AvgIpc) is 3.83. The van der Waals surface area contributed by atoms with Gasteiger partial charge in [-0.05, 0) is 137 Å². The van der Waals surface area contributed by atoms with Gasteiger partial charge in [0, 0.05) is 39.2 Å². The maximum atomic E-state index is 15.2. The molecule has 16 rings (SSSR count). The zero-order valence-electron chi connectivity index (χ0n) is 29.9. The van der Waals surface area contributed by atoms with Crippen LogP contribution in [0.25, 0.3) is 38.9 Å². The predicted octanol–water partition coefficient (Wildman–Crippen LogP) is 7.51. The second kappa shape index (κ2) is 9.01. The number of rotatable bonds is 1. The molecule has 52 heavy (non-hydrogen) atoms. The smallest absolute Gasteiger partial charge is 0.309 e. The fraction of sp³-hybridized carbons (Fsp3) is 0.455. The number of para-hydroxylation sites is 2. The van der Waals surface area contributed by atoms with Gasteiger partial charge in [-0.3, -0.25) is 28.1 Å². The Labute approximate surface area is 301 Å². The summed E-state index contributed by atoms with van der Waals surface area (Å²) in [6.07, 6.45) is 12.0. The van der Waals surface area contributed by atoms with Gasteiger partial charge < -0.3 is 4.57 Å². The first-order valence-corrected chi connectivity index (χ1v) is 20.3. The molecule has 0 spiro atoms. The van der Waals surface area contributed by atoms with Gasteiger partial charge in [-0.1, -0.05) is 36.4 Å². The summed E-state index contributed by atoms with van der Waals surface area (Å²) in [7, 11) is 0. The topological polar surface area (TPSA) is 58.8 Å². The molecule has 0 saturated heterocycles. The van der Waals surface area contributed by atoms with E-state index >= 15 is 9.59 Å². The normalized spacial score (nSPS) is 30.6. The van der Waals surface area contributed by atoms with Crippen LogP contribution in [-0.2, 0) is 0 Å². The summed E-state index contributed by atoms with van der Waals surface area (Å²) in [5, 5.41) is 2.54. The van der Waals surface area contributed by atoms with E-state index in [0.29, 0.717) is 23.7 Å². The average molecular weight is 684 g/mol. The zero-order valence-corrected chi connectivity index (χ0v) is 29.9. The van der Waals surface area contributed by atoms with Crippen LogP contribution >= 0.6 is 0 Å². The first kappa shape index (κ1) is 28.1. The first-order valence-electron chi connectivity index (χ1n) is 20.3. The van der Waals surface area contributed by atoms with Crippen molar-refractivity contribution in [1.29, 1.82) is 0 Å². The monoisotopic (exact) mass is 683 g/mol. The van der Waals surface area contributed by atoms with Gasteiger partial charge in [0.2, 0.25) is 0 Å². The maximum Gasteiger partial charge on any atom is 0.462 e. The van der Waals surface area contributed by atoms with Crippen LogP contribution in [0, 0.1) is 37.5 Å². The minimum Gasteiger partial charge on any atom is -0.309 e. The van der Waals surface area contributed by atoms with Crippen LogP contribution in [0.3, 0.4) is 0 Å². The third-order valence-electron chi connectivity index (χ3n) is 16.0. The molecule has 10 aliphatic rings. The van der Waals surface area contributed by atoms with Crippen molar-refractivity contribution in [2.75, 3.05) is 0 Å². The van der Waals surface area contributed by atoms with Crippen molar-refractivity contribution >= 4 is 34.3 Å². The Balaban J connectivity index is 1.14. The first-order chi connectivity index (χ1) is 25.4. The van der Waals surface area contributed by atoms with E-state index in [0.717, 1.165) is 83.0 Å². The van der Waals surface area contributed by atoms with Gasteiger partial charge in [0.25, 0.3) is 11.1 Å². The van der Waals surface area contributed by atoms with E-state index in [1.807, 2.05) is 0 Å². The van der Waals surface area contributed by atoms with Gasteiger partial charge in [0.05, 0.1) is 39.5 Å². The molecule has 258 valence electrons. The fourth-order valence-corrected chi connectivity index (χ4v) is 14.6. The molecular formula is C44H42BN5O2. The van der Waals surface area contributed by atoms with Crippen molar-refractivity contribution in [2.24, 2.45) is 23.7 Å². The van der Waals surface area contributed by atoms with Gasteiger partial charge in [0.1, 0.15) is 0 Å². The van der Waals surface area contributed by atoms with Crippen LogP contribution in [0.5, 0.6) is 0 Å². The summed E-state index contributed by atoms with van der Waals surface area (Å²) in [6.45, 7) is 4.05. The molecule has 7 nitrogen and oxygen atoms in total. The molecule has 4 fully saturated rings. The molecule has 4 unspecified atom stereocenters. The van der Waals surface area contributed by atoms with E-state index in [2.05, 4.69) is 85.5 Å². The molecule has 8 bridgehead atoms. The van der Waals surface area contributed by atoms with Crippen molar-refractivity contribution in [3.63, 3.8) is 0 Å². The predicted molar refractivity (Wildman–Crippen MR) is 205 cm³/mol. The molecule has 8 aliphatic carbocycles. The number of benzene rings is 3. The molecule has 2 aliphatic heterocycles. The van der Waals surface area contributed by atoms with Crippen LogP contribution in [0.2, 0.25) is 0 Å². The summed E-state index contributed by atoms with van der Waals surface area (Å²) in [5.41, 5.74) is 14.6. The summed E-state index contributed by atoms with van der Waals surface area (Å²) in [4.78, 5) is 30.4. The second-order valence-corrected chi connectivity index (χ2v) is 18.7. The standard InChI is InChI=1S/C44H42BN5O2/c1-21-5-3-7-32-33-8-4-6-22(2)40(33)46(39(21)32)31-19-34-38-35(20-31)48-42-30-17-25-10-26(18-30)14-28(13-25)37(42)44(52)50(48)45(38)49-43(51)36-27-11-23-9-24(12-27)16-29(15-23)41(36)47(34)49/h3-8,19-20,23-30H,9-18H2,1-2H3. The Morgan fingerprint density at radius 2 is 0.981 bits per heavy atom. The molecule has 0 amide bonds. The van der Waals surface area contributed by atoms with E-state index in [1.54, 1.807) is 0 Å². The van der Waals surface area contributed by atoms with E-state index in [4.69, 9.17) is 0 Å². The molecular weight excluding hydrogens is 641 g/mol. The van der Waals surface area contributed by atoms with Crippen LogP contribution in [0.1, 0.15) is 122 Å². The van der Waals surface area contributed by atoms with E-state index in [-0.39, 0.29) is 11.1 Å². The Bertz CT molecular complexity index is 2600. The number of nitrogens with zero attached hydrogens (tertiary/aromatic N) is 5. The molecule has 3 aromatic carbocycles. The highest BCUT2D eigenvalue weighted by Crippen LogP contribution is 2.58. The van der Waals surface area contributed by atoms with Crippen LogP contribution in [0.4, 0.5) is 0 Å². The SMILES string of the molecule is Cc1cccc2c3cccc(C)c3n(-c3cc4c5c(c3)-n3c6c(c(=O)n3B5n3c(=O)c5c(n3-4)C3CC4CC(CC5C4)C3)C3CC4CC(C3)CC6C4)c12. The van der Waals surface area contributed by atoms with Crippen molar-refractivity contribution < 1.29 is 0 Å². The van der Waals surface area contributed by atoms with Gasteiger partial charge >= 0.3 is 6.98 Å². The minimum absolute atomic E-state index is 0.170. The van der Waals surface area contributed by atoms with Crippen molar-refractivity contribution in [3.05, 3.63) is 103 Å². The molecule has 4 atom stereocenters. The zero-order chi connectivity index (χ0) is 34.0. The highest BCUT2D eigenvalue weighted by Gasteiger charge is 2.56. The highest BCUT2D eigenvalue weighted by atomic mass is 16.1. The van der Waals surface area contributed by atoms with E-state index in [1.165, 1.54) is 82.8 Å². The van der Waals surface area contributed by atoms with Gasteiger partial charge in [0.15, 0.2) is 0 Å². The summed E-state index contributed by atoms with van der Waals surface area (Å²) >= 11 is 0. The number of fused-ring (bicyclic) bond motifs is 9. The van der Waals surface area contributed by atoms with Gasteiger partial charge in [-0.15, -0.1) is 0 Å². The van der Waals surface area contributed by atoms with E-state index < -0.39 is 6.98 Å². The van der Waals surface area contributed by atoms with Crippen molar-refractivity contribution in [3.8, 4) is 17.1 Å². The molecule has 3 aromatic heterocycles. The lowest BCUT2D eigenvalue weighted by molar-refractivity contribution is 0.163. The number of hydrogen-bond acceptors (Lipinski definition) is 2. The largest absolute Gasteiger partial charge is 0.462 e. The Morgan fingerprint density at radius 1 is 0.558 bits per heavy atom. The molecule has 4 saturated carbocycles. The third-order valence-corrected chi connectivity index (χ3v) is 16.0. The van der Waals surface area contributed by atoms with Crippen molar-refractivity contribution in [2.45, 2.75) is 102 Å². The summed E-state index contributed by atoms with van der Waals surface area (Å²) < 4.78 is 11.4. The molecule has 0 N–H and O–H groups in total. The molecule has 5 heterocycles. The molecule has 8 heteroatoms. The number of aromatic nitrogens is 5. The lowest BCUT2D eigenvalue weighted by Crippen LogP contribution is -2.49. The fourth-order valence-electron chi connectivity index (χ4n) is 14.6. The van der Waals surface area contributed by atoms with Crippen molar-refractivity contribution in [1.82, 2.24) is 23.1 Å². The Hall–Kier alpha value is -4.46.